The van der Waals surface area contributed by atoms with Gasteiger partial charge in [-0.2, -0.15) is 0 Å². The van der Waals surface area contributed by atoms with Gasteiger partial charge in [0.1, 0.15) is 8.07 Å². The van der Waals surface area contributed by atoms with Crippen molar-refractivity contribution in [1.29, 1.82) is 0 Å². The maximum absolute atomic E-state index is 5.61. The largest absolute Gasteiger partial charge is 0.481 e. The lowest BCUT2D eigenvalue weighted by Gasteiger charge is -2.19. The van der Waals surface area contributed by atoms with Crippen LogP contribution in [0.3, 0.4) is 0 Å². The van der Waals surface area contributed by atoms with Gasteiger partial charge in [0, 0.05) is 8.89 Å². The molecular weight excluding hydrogens is 369 g/mol. The minimum Gasteiger partial charge on any atom is -0.481 e. The second-order valence-corrected chi connectivity index (χ2v) is 11.5. The van der Waals surface area contributed by atoms with Crippen LogP contribution >= 0.6 is 22.6 Å². The smallest absolute Gasteiger partial charge is 0.219 e. The summed E-state index contributed by atoms with van der Waals surface area (Å²) in [6.07, 6.45) is 3.97. The average molecular weight is 391 g/mol. The molecule has 1 aromatic heterocycles. The number of hydrogen-bond donors (Lipinski definition) is 0. The van der Waals surface area contributed by atoms with Gasteiger partial charge >= 0.3 is 0 Å². The second kappa shape index (κ2) is 7.40. The van der Waals surface area contributed by atoms with E-state index in [0.29, 0.717) is 19.1 Å². The van der Waals surface area contributed by atoms with Crippen LogP contribution < -0.4 is 10.1 Å². The third-order valence-corrected chi connectivity index (χ3v) is 5.45. The normalized spacial score (nSPS) is 12.1. The fraction of sp³-hybridized carbons (Fsp3) is 0.500. The number of aromatic nitrogens is 1. The molecule has 0 aromatic carbocycles. The molecule has 0 saturated carbocycles. The van der Waals surface area contributed by atoms with Gasteiger partial charge in [0.15, 0.2) is 0 Å². The van der Waals surface area contributed by atoms with Crippen molar-refractivity contribution in [3.05, 3.63) is 27.4 Å². The van der Waals surface area contributed by atoms with Crippen LogP contribution in [0.1, 0.15) is 12.5 Å². The van der Waals surface area contributed by atoms with Gasteiger partial charge in [-0.3, -0.25) is 0 Å². The Bertz CT molecular complexity index is 455. The van der Waals surface area contributed by atoms with Crippen molar-refractivity contribution in [3.63, 3.8) is 0 Å². The number of allylic oxidation sites excluding steroid dienone is 1. The van der Waals surface area contributed by atoms with Crippen molar-refractivity contribution in [2.45, 2.75) is 33.2 Å². The first-order valence-corrected chi connectivity index (χ1v) is 10.9. The first-order chi connectivity index (χ1) is 8.90. The second-order valence-electron chi connectivity index (χ2n) is 5.31. The standard InChI is InChI=1S/C14H22INO2Si/c1-6-7-8-18-10-11-12(15)9-13(19(3,4)5)16-14(11)17-2/h6-7,9H,8,10H2,1-5H3/b7-6+. The highest BCUT2D eigenvalue weighted by Crippen LogP contribution is 2.22. The lowest BCUT2D eigenvalue weighted by Crippen LogP contribution is -2.40. The maximum atomic E-state index is 5.61. The molecule has 5 heteroatoms. The minimum atomic E-state index is -1.43. The van der Waals surface area contributed by atoms with Crippen LogP contribution in [-0.2, 0) is 11.3 Å². The van der Waals surface area contributed by atoms with E-state index in [0.717, 1.165) is 5.56 Å². The molecule has 0 amide bonds. The van der Waals surface area contributed by atoms with Crippen molar-refractivity contribution < 1.29 is 9.47 Å². The lowest BCUT2D eigenvalue weighted by atomic mass is 10.3. The Balaban J connectivity index is 2.98. The van der Waals surface area contributed by atoms with E-state index in [1.807, 2.05) is 19.1 Å². The number of pyridine rings is 1. The summed E-state index contributed by atoms with van der Waals surface area (Å²) in [5.74, 6) is 0.699. The monoisotopic (exact) mass is 391 g/mol. The first kappa shape index (κ1) is 16.7. The van der Waals surface area contributed by atoms with E-state index in [2.05, 4.69) is 53.3 Å². The Morgan fingerprint density at radius 3 is 2.58 bits per heavy atom. The summed E-state index contributed by atoms with van der Waals surface area (Å²) in [5.41, 5.74) is 1.04. The topological polar surface area (TPSA) is 31.4 Å². The third-order valence-electron chi connectivity index (χ3n) is 2.69. The predicted octanol–water partition coefficient (Wildman–Crippen LogP) is 3.33. The van der Waals surface area contributed by atoms with Gasteiger partial charge in [-0.1, -0.05) is 31.8 Å². The van der Waals surface area contributed by atoms with E-state index in [9.17, 15) is 0 Å². The van der Waals surface area contributed by atoms with Gasteiger partial charge < -0.3 is 9.47 Å². The summed E-state index contributed by atoms with van der Waals surface area (Å²) in [6, 6.07) is 2.17. The summed E-state index contributed by atoms with van der Waals surface area (Å²) in [6.45, 7) is 9.99. The maximum Gasteiger partial charge on any atom is 0.219 e. The van der Waals surface area contributed by atoms with Crippen molar-refractivity contribution in [2.75, 3.05) is 13.7 Å². The van der Waals surface area contributed by atoms with Crippen LogP contribution in [0.4, 0.5) is 0 Å². The molecular formula is C14H22INO2Si. The Hall–Kier alpha value is -0.403. The predicted molar refractivity (Wildman–Crippen MR) is 91.0 cm³/mol. The van der Waals surface area contributed by atoms with E-state index in [-0.39, 0.29) is 0 Å². The van der Waals surface area contributed by atoms with Crippen LogP contribution in [0.15, 0.2) is 18.2 Å². The number of ether oxygens (including phenoxy) is 2. The Labute approximate surface area is 130 Å². The summed E-state index contributed by atoms with van der Waals surface area (Å²) >= 11 is 2.34. The molecule has 0 bridgehead atoms. The fourth-order valence-electron chi connectivity index (χ4n) is 1.53. The zero-order valence-electron chi connectivity index (χ0n) is 12.3. The quantitative estimate of drug-likeness (QED) is 0.323. The summed E-state index contributed by atoms with van der Waals surface area (Å²) in [4.78, 5) is 4.66. The van der Waals surface area contributed by atoms with Gasteiger partial charge in [-0.25, -0.2) is 4.98 Å². The van der Waals surface area contributed by atoms with Crippen LogP contribution in [0, 0.1) is 3.57 Å². The van der Waals surface area contributed by atoms with E-state index in [1.165, 1.54) is 8.89 Å². The summed E-state index contributed by atoms with van der Waals surface area (Å²) in [7, 11) is 0.241. The number of halogens is 1. The summed E-state index contributed by atoms with van der Waals surface area (Å²) < 4.78 is 12.2. The SMILES string of the molecule is C/C=C/COCc1c(I)cc([Si](C)(C)C)nc1OC. The highest BCUT2D eigenvalue weighted by molar-refractivity contribution is 14.1. The van der Waals surface area contributed by atoms with E-state index in [1.54, 1.807) is 7.11 Å². The van der Waals surface area contributed by atoms with Crippen LogP contribution in [0.25, 0.3) is 0 Å². The number of rotatable bonds is 6. The van der Waals surface area contributed by atoms with Gasteiger partial charge in [0.25, 0.3) is 0 Å². The molecule has 0 fully saturated rings. The zero-order chi connectivity index (χ0) is 14.5. The third kappa shape index (κ3) is 4.89. The highest BCUT2D eigenvalue weighted by atomic mass is 127. The molecule has 0 radical (unpaired) electrons. The molecule has 19 heavy (non-hydrogen) atoms. The molecule has 1 rings (SSSR count). The van der Waals surface area contributed by atoms with Gasteiger partial charge in [0.2, 0.25) is 5.88 Å². The molecule has 106 valence electrons. The molecule has 0 N–H and O–H groups in total. The Morgan fingerprint density at radius 2 is 2.05 bits per heavy atom. The van der Waals surface area contributed by atoms with Crippen molar-refractivity contribution in [1.82, 2.24) is 4.98 Å². The van der Waals surface area contributed by atoms with Crippen LogP contribution in [0.5, 0.6) is 5.88 Å². The van der Waals surface area contributed by atoms with Gasteiger partial charge in [-0.15, -0.1) is 0 Å². The summed E-state index contributed by atoms with van der Waals surface area (Å²) in [5, 5.41) is 1.17. The number of hydrogen-bond acceptors (Lipinski definition) is 3. The van der Waals surface area contributed by atoms with Crippen molar-refractivity contribution >= 4 is 36.0 Å². The van der Waals surface area contributed by atoms with E-state index in [4.69, 9.17) is 9.47 Å². The van der Waals surface area contributed by atoms with Crippen molar-refractivity contribution in [3.8, 4) is 5.88 Å². The lowest BCUT2D eigenvalue weighted by molar-refractivity contribution is 0.145. The molecule has 3 nitrogen and oxygen atoms in total. The minimum absolute atomic E-state index is 0.533. The zero-order valence-corrected chi connectivity index (χ0v) is 15.4. The Morgan fingerprint density at radius 1 is 1.37 bits per heavy atom. The molecule has 0 spiro atoms. The van der Waals surface area contributed by atoms with Crippen LogP contribution in [-0.4, -0.2) is 26.8 Å². The number of methoxy groups -OCH3 is 1. The van der Waals surface area contributed by atoms with Gasteiger partial charge in [0.05, 0.1) is 25.9 Å². The molecule has 1 aromatic rings. The van der Waals surface area contributed by atoms with Gasteiger partial charge in [-0.05, 0) is 35.6 Å². The number of nitrogens with zero attached hydrogens (tertiary/aromatic N) is 1. The molecule has 0 atom stereocenters. The molecule has 0 saturated heterocycles. The van der Waals surface area contributed by atoms with E-state index >= 15 is 0 Å². The highest BCUT2D eigenvalue weighted by Gasteiger charge is 2.22. The van der Waals surface area contributed by atoms with E-state index < -0.39 is 8.07 Å². The molecule has 1 heterocycles. The molecule has 0 aliphatic heterocycles. The van der Waals surface area contributed by atoms with Crippen molar-refractivity contribution in [2.24, 2.45) is 0 Å². The molecule has 0 aliphatic rings. The van der Waals surface area contributed by atoms with Crippen LogP contribution in [0.2, 0.25) is 19.6 Å². The molecule has 0 unspecified atom stereocenters. The molecule has 0 aliphatic carbocycles. The fourth-order valence-corrected chi connectivity index (χ4v) is 3.52. The Kier molecular flexibility index (Phi) is 6.48. The first-order valence-electron chi connectivity index (χ1n) is 6.33. The average Bonchev–Trinajstić information content (AvgIpc) is 2.34.